The Bertz CT molecular complexity index is 539. The van der Waals surface area contributed by atoms with E-state index in [1.807, 2.05) is 36.4 Å². The fourth-order valence-electron chi connectivity index (χ4n) is 2.06. The van der Waals surface area contributed by atoms with Gasteiger partial charge in [-0.1, -0.05) is 42.8 Å². The van der Waals surface area contributed by atoms with Crippen molar-refractivity contribution in [2.24, 2.45) is 5.92 Å². The van der Waals surface area contributed by atoms with Crippen molar-refractivity contribution in [2.45, 2.75) is 19.8 Å². The SMILES string of the molecule is CC(CCCl)CCOc1ccc(Cl)c2ccccc12. The predicted molar refractivity (Wildman–Crippen MR) is 83.6 cm³/mol. The van der Waals surface area contributed by atoms with Crippen LogP contribution in [0, 0.1) is 5.92 Å². The molecule has 0 radical (unpaired) electrons. The van der Waals surface area contributed by atoms with Gasteiger partial charge >= 0.3 is 0 Å². The third-order valence-corrected chi connectivity index (χ3v) is 3.85. The van der Waals surface area contributed by atoms with Gasteiger partial charge in [-0.15, -0.1) is 11.6 Å². The first-order chi connectivity index (χ1) is 9.22. The van der Waals surface area contributed by atoms with Crippen LogP contribution in [0.2, 0.25) is 5.02 Å². The lowest BCUT2D eigenvalue weighted by Crippen LogP contribution is -2.05. The second kappa shape index (κ2) is 7.02. The fourth-order valence-corrected chi connectivity index (χ4v) is 2.66. The largest absolute Gasteiger partial charge is 0.493 e. The van der Waals surface area contributed by atoms with Crippen LogP contribution in [0.25, 0.3) is 10.8 Å². The molecule has 3 heteroatoms. The van der Waals surface area contributed by atoms with E-state index in [4.69, 9.17) is 27.9 Å². The number of fused-ring (bicyclic) bond motifs is 1. The van der Waals surface area contributed by atoms with Crippen molar-refractivity contribution in [1.29, 1.82) is 0 Å². The zero-order valence-electron chi connectivity index (χ0n) is 11.0. The van der Waals surface area contributed by atoms with Crippen LogP contribution in [0.15, 0.2) is 36.4 Å². The third-order valence-electron chi connectivity index (χ3n) is 3.30. The standard InChI is InChI=1S/C16H18Cl2O/c1-12(8-10-17)9-11-19-16-7-6-15(18)13-4-2-3-5-14(13)16/h2-7,12H,8-11H2,1H3. The monoisotopic (exact) mass is 296 g/mol. The highest BCUT2D eigenvalue weighted by Gasteiger charge is 2.06. The first-order valence-electron chi connectivity index (χ1n) is 6.58. The van der Waals surface area contributed by atoms with Crippen LogP contribution in [0.3, 0.4) is 0 Å². The molecule has 1 nitrogen and oxygen atoms in total. The van der Waals surface area contributed by atoms with Crippen LogP contribution < -0.4 is 4.74 Å². The maximum atomic E-state index is 6.18. The third kappa shape index (κ3) is 3.77. The van der Waals surface area contributed by atoms with Gasteiger partial charge in [0.25, 0.3) is 0 Å². The number of hydrogen-bond acceptors (Lipinski definition) is 1. The maximum Gasteiger partial charge on any atom is 0.127 e. The average Bonchev–Trinajstić information content (AvgIpc) is 2.42. The molecular formula is C16H18Cl2O. The van der Waals surface area contributed by atoms with Crippen molar-refractivity contribution in [3.05, 3.63) is 41.4 Å². The summed E-state index contributed by atoms with van der Waals surface area (Å²) in [7, 11) is 0. The van der Waals surface area contributed by atoms with E-state index in [9.17, 15) is 0 Å². The van der Waals surface area contributed by atoms with Gasteiger partial charge < -0.3 is 4.74 Å². The number of hydrogen-bond donors (Lipinski definition) is 0. The van der Waals surface area contributed by atoms with E-state index in [1.165, 1.54) is 0 Å². The highest BCUT2D eigenvalue weighted by Crippen LogP contribution is 2.31. The lowest BCUT2D eigenvalue weighted by Gasteiger charge is -2.13. The Hall–Kier alpha value is -0.920. The molecule has 0 spiro atoms. The molecule has 0 aromatic heterocycles. The van der Waals surface area contributed by atoms with Gasteiger partial charge in [-0.05, 0) is 30.9 Å². The number of alkyl halides is 1. The highest BCUT2D eigenvalue weighted by atomic mass is 35.5. The minimum atomic E-state index is 0.594. The Morgan fingerprint density at radius 2 is 1.79 bits per heavy atom. The van der Waals surface area contributed by atoms with Crippen molar-refractivity contribution in [3.8, 4) is 5.75 Å². The summed E-state index contributed by atoms with van der Waals surface area (Å²) in [5.74, 6) is 2.21. The zero-order chi connectivity index (χ0) is 13.7. The summed E-state index contributed by atoms with van der Waals surface area (Å²) in [5, 5.41) is 2.87. The van der Waals surface area contributed by atoms with Crippen LogP contribution in [0.1, 0.15) is 19.8 Å². The summed E-state index contributed by atoms with van der Waals surface area (Å²) < 4.78 is 5.89. The van der Waals surface area contributed by atoms with Gasteiger partial charge in [0.05, 0.1) is 6.61 Å². The molecule has 0 fully saturated rings. The molecule has 2 aromatic rings. The Morgan fingerprint density at radius 1 is 1.05 bits per heavy atom. The molecule has 0 bridgehead atoms. The first-order valence-corrected chi connectivity index (χ1v) is 7.49. The van der Waals surface area contributed by atoms with E-state index in [-0.39, 0.29) is 0 Å². The molecule has 102 valence electrons. The Kier molecular flexibility index (Phi) is 5.35. The molecule has 0 N–H and O–H groups in total. The van der Waals surface area contributed by atoms with Crippen LogP contribution in [0.4, 0.5) is 0 Å². The number of halogens is 2. The van der Waals surface area contributed by atoms with Crippen LogP contribution in [-0.2, 0) is 0 Å². The van der Waals surface area contributed by atoms with Crippen molar-refractivity contribution in [3.63, 3.8) is 0 Å². The van der Waals surface area contributed by atoms with Gasteiger partial charge in [-0.2, -0.15) is 0 Å². The van der Waals surface area contributed by atoms with E-state index in [0.29, 0.717) is 18.4 Å². The minimum Gasteiger partial charge on any atom is -0.493 e. The molecule has 0 aliphatic rings. The zero-order valence-corrected chi connectivity index (χ0v) is 12.5. The Morgan fingerprint density at radius 3 is 2.53 bits per heavy atom. The smallest absolute Gasteiger partial charge is 0.127 e. The molecule has 0 saturated carbocycles. The molecule has 19 heavy (non-hydrogen) atoms. The normalized spacial score (nSPS) is 12.6. The quantitative estimate of drug-likeness (QED) is 0.637. The molecule has 0 amide bonds. The van der Waals surface area contributed by atoms with Gasteiger partial charge in [-0.25, -0.2) is 0 Å². The van der Waals surface area contributed by atoms with Crippen LogP contribution in [-0.4, -0.2) is 12.5 Å². The average molecular weight is 297 g/mol. The summed E-state index contributed by atoms with van der Waals surface area (Å²) in [4.78, 5) is 0. The summed E-state index contributed by atoms with van der Waals surface area (Å²) in [6.45, 7) is 2.91. The molecule has 0 aliphatic carbocycles. The van der Waals surface area contributed by atoms with Gasteiger partial charge in [0, 0.05) is 21.7 Å². The fraction of sp³-hybridized carbons (Fsp3) is 0.375. The van der Waals surface area contributed by atoms with Crippen molar-refractivity contribution in [2.75, 3.05) is 12.5 Å². The second-order valence-corrected chi connectivity index (χ2v) is 5.60. The topological polar surface area (TPSA) is 9.23 Å². The van der Waals surface area contributed by atoms with E-state index in [2.05, 4.69) is 6.92 Å². The van der Waals surface area contributed by atoms with E-state index in [0.717, 1.165) is 34.4 Å². The Labute approximate surface area is 124 Å². The summed E-state index contributed by atoms with van der Waals surface area (Å²) in [6.07, 6.45) is 2.05. The van der Waals surface area contributed by atoms with Crippen LogP contribution in [0.5, 0.6) is 5.75 Å². The molecular weight excluding hydrogens is 279 g/mol. The number of ether oxygens (including phenoxy) is 1. The van der Waals surface area contributed by atoms with Crippen LogP contribution >= 0.6 is 23.2 Å². The van der Waals surface area contributed by atoms with Gasteiger partial charge in [-0.3, -0.25) is 0 Å². The second-order valence-electron chi connectivity index (χ2n) is 4.81. The van der Waals surface area contributed by atoms with Crippen molar-refractivity contribution in [1.82, 2.24) is 0 Å². The van der Waals surface area contributed by atoms with Crippen molar-refractivity contribution < 1.29 is 4.74 Å². The lowest BCUT2D eigenvalue weighted by atomic mass is 10.1. The molecule has 0 aliphatic heterocycles. The molecule has 2 aromatic carbocycles. The van der Waals surface area contributed by atoms with Crippen molar-refractivity contribution >= 4 is 34.0 Å². The molecule has 1 atom stereocenters. The molecule has 0 saturated heterocycles. The van der Waals surface area contributed by atoms with Gasteiger partial charge in [0.1, 0.15) is 5.75 Å². The predicted octanol–water partition coefficient (Wildman–Crippen LogP) is 5.53. The summed E-state index contributed by atoms with van der Waals surface area (Å²) in [6, 6.07) is 11.9. The molecule has 2 rings (SSSR count). The van der Waals surface area contributed by atoms with E-state index < -0.39 is 0 Å². The summed E-state index contributed by atoms with van der Waals surface area (Å²) in [5.41, 5.74) is 0. The van der Waals surface area contributed by atoms with E-state index in [1.54, 1.807) is 0 Å². The minimum absolute atomic E-state index is 0.594. The summed E-state index contributed by atoms with van der Waals surface area (Å²) >= 11 is 11.9. The lowest BCUT2D eigenvalue weighted by molar-refractivity contribution is 0.285. The number of benzene rings is 2. The van der Waals surface area contributed by atoms with Gasteiger partial charge in [0.2, 0.25) is 0 Å². The van der Waals surface area contributed by atoms with E-state index >= 15 is 0 Å². The number of rotatable bonds is 6. The first kappa shape index (κ1) is 14.5. The molecule has 0 heterocycles. The molecule has 1 unspecified atom stereocenters. The Balaban J connectivity index is 2.07. The highest BCUT2D eigenvalue weighted by molar-refractivity contribution is 6.35. The maximum absolute atomic E-state index is 6.18. The van der Waals surface area contributed by atoms with Gasteiger partial charge in [0.15, 0.2) is 0 Å².